The number of nitrogens with zero attached hydrogens (tertiary/aromatic N) is 2. The second-order valence-electron chi connectivity index (χ2n) is 7.89. The van der Waals surface area contributed by atoms with Gasteiger partial charge in [0.05, 0.1) is 10.6 Å². The third-order valence-corrected chi connectivity index (χ3v) is 6.89. The van der Waals surface area contributed by atoms with Crippen molar-refractivity contribution in [1.29, 1.82) is 0 Å². The summed E-state index contributed by atoms with van der Waals surface area (Å²) >= 11 is 0. The van der Waals surface area contributed by atoms with Gasteiger partial charge in [0.2, 0.25) is 11.8 Å². The van der Waals surface area contributed by atoms with Gasteiger partial charge in [-0.1, -0.05) is 6.42 Å². The Morgan fingerprint density at radius 1 is 0.848 bits per heavy atom. The topological polar surface area (TPSA) is 125 Å². The number of aliphatic imine (C=N–C) groups is 1. The Labute approximate surface area is 191 Å². The van der Waals surface area contributed by atoms with Gasteiger partial charge in [-0.25, -0.2) is 8.42 Å². The summed E-state index contributed by atoms with van der Waals surface area (Å²) in [6.45, 7) is 0.619. The van der Waals surface area contributed by atoms with Crippen molar-refractivity contribution >= 4 is 45.0 Å². The minimum absolute atomic E-state index is 0.0803. The maximum atomic E-state index is 12.6. The molecule has 0 radical (unpaired) electrons. The number of amides is 3. The normalized spacial score (nSPS) is 16.8. The SMILES string of the molecule is O=C(Nc1ccc(S(=O)(=O)NC2=NCCCCC2)cc1)c1ccc(N2C(=O)CCC2=O)cc1. The van der Waals surface area contributed by atoms with E-state index in [1.165, 1.54) is 36.4 Å². The molecule has 2 aliphatic rings. The number of amidine groups is 1. The lowest BCUT2D eigenvalue weighted by Gasteiger charge is -2.14. The molecule has 2 aromatic carbocycles. The van der Waals surface area contributed by atoms with E-state index in [2.05, 4.69) is 15.0 Å². The van der Waals surface area contributed by atoms with Gasteiger partial charge in [-0.3, -0.25) is 29.0 Å². The van der Waals surface area contributed by atoms with Gasteiger partial charge >= 0.3 is 0 Å². The van der Waals surface area contributed by atoms with E-state index in [1.54, 1.807) is 12.1 Å². The number of carbonyl (C=O) groups is 3. The van der Waals surface area contributed by atoms with E-state index >= 15 is 0 Å². The Morgan fingerprint density at radius 2 is 1.52 bits per heavy atom. The van der Waals surface area contributed by atoms with Gasteiger partial charge in [-0.2, -0.15) is 0 Å². The van der Waals surface area contributed by atoms with Crippen molar-refractivity contribution in [2.45, 2.75) is 43.4 Å². The Balaban J connectivity index is 1.40. The molecule has 2 N–H and O–H groups in total. The van der Waals surface area contributed by atoms with E-state index in [4.69, 9.17) is 0 Å². The van der Waals surface area contributed by atoms with Crippen LogP contribution in [0.4, 0.5) is 11.4 Å². The van der Waals surface area contributed by atoms with Gasteiger partial charge < -0.3 is 5.32 Å². The summed E-state index contributed by atoms with van der Waals surface area (Å²) in [5.41, 5.74) is 1.20. The molecule has 9 nitrogen and oxygen atoms in total. The number of rotatable bonds is 5. The molecule has 0 atom stereocenters. The molecule has 0 aromatic heterocycles. The first kappa shape index (κ1) is 22.7. The van der Waals surface area contributed by atoms with Gasteiger partial charge in [-0.05, 0) is 61.4 Å². The lowest BCUT2D eigenvalue weighted by Crippen LogP contribution is -2.30. The van der Waals surface area contributed by atoms with E-state index < -0.39 is 15.9 Å². The molecule has 3 amide bonds. The largest absolute Gasteiger partial charge is 0.322 e. The van der Waals surface area contributed by atoms with Crippen molar-refractivity contribution in [1.82, 2.24) is 4.72 Å². The molecule has 0 bridgehead atoms. The standard InChI is InChI=1S/C23H24N4O5S/c28-21-13-14-22(29)27(21)18-9-5-16(6-10-18)23(30)25-17-7-11-19(12-8-17)33(31,32)26-20-4-2-1-3-15-24-20/h5-12H,1-4,13-15H2,(H,24,26)(H,25,30). The van der Waals surface area contributed by atoms with Crippen molar-refractivity contribution in [2.24, 2.45) is 4.99 Å². The summed E-state index contributed by atoms with van der Waals surface area (Å²) in [5, 5.41) is 2.71. The fourth-order valence-corrected chi connectivity index (χ4v) is 4.81. The maximum Gasteiger partial charge on any atom is 0.262 e. The van der Waals surface area contributed by atoms with Crippen LogP contribution in [0, 0.1) is 0 Å². The minimum Gasteiger partial charge on any atom is -0.322 e. The molecule has 0 saturated carbocycles. The highest BCUT2D eigenvalue weighted by atomic mass is 32.2. The molecule has 2 aliphatic heterocycles. The molecule has 172 valence electrons. The Kier molecular flexibility index (Phi) is 6.55. The highest BCUT2D eigenvalue weighted by Crippen LogP contribution is 2.23. The summed E-state index contributed by atoms with van der Waals surface area (Å²) < 4.78 is 27.8. The molecule has 4 rings (SSSR count). The number of anilines is 2. The second kappa shape index (κ2) is 9.53. The van der Waals surface area contributed by atoms with Crippen LogP contribution in [0.1, 0.15) is 48.9 Å². The zero-order valence-corrected chi connectivity index (χ0v) is 18.7. The van der Waals surface area contributed by atoms with E-state index in [-0.39, 0.29) is 29.6 Å². The summed E-state index contributed by atoms with van der Waals surface area (Å²) in [4.78, 5) is 41.7. The highest BCUT2D eigenvalue weighted by Gasteiger charge is 2.30. The van der Waals surface area contributed by atoms with Gasteiger partial charge in [0.25, 0.3) is 15.9 Å². The lowest BCUT2D eigenvalue weighted by atomic mass is 10.1. The van der Waals surface area contributed by atoms with Crippen LogP contribution in [-0.4, -0.2) is 38.5 Å². The molecule has 1 saturated heterocycles. The van der Waals surface area contributed by atoms with Crippen molar-refractivity contribution in [2.75, 3.05) is 16.8 Å². The number of hydrogen-bond donors (Lipinski definition) is 2. The van der Waals surface area contributed by atoms with Crippen molar-refractivity contribution in [3.8, 4) is 0 Å². The van der Waals surface area contributed by atoms with E-state index in [1.807, 2.05) is 0 Å². The number of sulfonamides is 1. The smallest absolute Gasteiger partial charge is 0.262 e. The average molecular weight is 469 g/mol. The van der Waals surface area contributed by atoms with Gasteiger partial charge in [0.1, 0.15) is 5.84 Å². The number of carbonyl (C=O) groups excluding carboxylic acids is 3. The molecule has 10 heteroatoms. The molecule has 0 unspecified atom stereocenters. The van der Waals surface area contributed by atoms with Crippen LogP contribution in [0.3, 0.4) is 0 Å². The second-order valence-corrected chi connectivity index (χ2v) is 9.58. The average Bonchev–Trinajstić information content (AvgIpc) is 2.97. The first-order valence-electron chi connectivity index (χ1n) is 10.8. The third kappa shape index (κ3) is 5.28. The molecule has 2 aromatic rings. The van der Waals surface area contributed by atoms with Crippen LogP contribution in [0.5, 0.6) is 0 Å². The van der Waals surface area contributed by atoms with Gasteiger partial charge in [-0.15, -0.1) is 0 Å². The lowest BCUT2D eigenvalue weighted by molar-refractivity contribution is -0.121. The molecular formula is C23H24N4O5S. The van der Waals surface area contributed by atoms with Gasteiger partial charge in [0.15, 0.2) is 0 Å². The summed E-state index contributed by atoms with van der Waals surface area (Å²) in [5.74, 6) is -0.437. The van der Waals surface area contributed by atoms with Crippen LogP contribution in [0.15, 0.2) is 58.4 Å². The number of imide groups is 1. The quantitative estimate of drug-likeness (QED) is 0.653. The van der Waals surface area contributed by atoms with E-state index in [0.717, 1.165) is 24.2 Å². The molecule has 0 spiro atoms. The number of benzene rings is 2. The van der Waals surface area contributed by atoms with Crippen molar-refractivity contribution in [3.05, 3.63) is 54.1 Å². The predicted molar refractivity (Wildman–Crippen MR) is 124 cm³/mol. The van der Waals surface area contributed by atoms with Crippen molar-refractivity contribution in [3.63, 3.8) is 0 Å². The zero-order valence-electron chi connectivity index (χ0n) is 17.9. The summed E-state index contributed by atoms with van der Waals surface area (Å²) in [6, 6.07) is 12.0. The third-order valence-electron chi connectivity index (χ3n) is 5.49. The summed E-state index contributed by atoms with van der Waals surface area (Å²) in [6.07, 6.45) is 3.87. The molecular weight excluding hydrogens is 444 g/mol. The van der Waals surface area contributed by atoms with Crippen LogP contribution in [0.2, 0.25) is 0 Å². The van der Waals surface area contributed by atoms with Crippen LogP contribution >= 0.6 is 0 Å². The molecule has 33 heavy (non-hydrogen) atoms. The molecule has 1 fully saturated rings. The first-order chi connectivity index (χ1) is 15.8. The predicted octanol–water partition coefficient (Wildman–Crippen LogP) is 2.84. The Hall–Kier alpha value is -3.53. The fraction of sp³-hybridized carbons (Fsp3) is 0.304. The monoisotopic (exact) mass is 468 g/mol. The van der Waals surface area contributed by atoms with E-state index in [9.17, 15) is 22.8 Å². The summed E-state index contributed by atoms with van der Waals surface area (Å²) in [7, 11) is -3.75. The molecule has 2 heterocycles. The molecule has 0 aliphatic carbocycles. The Bertz CT molecular complexity index is 1190. The van der Waals surface area contributed by atoms with Crippen LogP contribution < -0.4 is 14.9 Å². The van der Waals surface area contributed by atoms with Crippen LogP contribution in [0.25, 0.3) is 0 Å². The highest BCUT2D eigenvalue weighted by molar-refractivity contribution is 7.90. The minimum atomic E-state index is -3.75. The van der Waals surface area contributed by atoms with Gasteiger partial charge in [0, 0.05) is 37.1 Å². The first-order valence-corrected chi connectivity index (χ1v) is 12.3. The number of hydrogen-bond acceptors (Lipinski definition) is 6. The number of nitrogens with one attached hydrogen (secondary N) is 2. The maximum absolute atomic E-state index is 12.6. The van der Waals surface area contributed by atoms with Crippen molar-refractivity contribution < 1.29 is 22.8 Å². The van der Waals surface area contributed by atoms with Crippen LogP contribution in [-0.2, 0) is 19.6 Å². The fourth-order valence-electron chi connectivity index (χ4n) is 3.72. The zero-order chi connectivity index (χ0) is 23.4. The van der Waals surface area contributed by atoms with E-state index in [0.29, 0.717) is 35.7 Å². The Morgan fingerprint density at radius 3 is 2.18 bits per heavy atom.